The summed E-state index contributed by atoms with van der Waals surface area (Å²) in [6.07, 6.45) is 6.53. The van der Waals surface area contributed by atoms with Crippen molar-refractivity contribution in [3.63, 3.8) is 0 Å². The van der Waals surface area contributed by atoms with Crippen LogP contribution in [0.1, 0.15) is 44.1 Å². The van der Waals surface area contributed by atoms with Gasteiger partial charge in [-0.15, -0.1) is 0 Å². The van der Waals surface area contributed by atoms with E-state index in [1.807, 2.05) is 24.3 Å². The fourth-order valence-corrected chi connectivity index (χ4v) is 2.50. The van der Waals surface area contributed by atoms with Crippen molar-refractivity contribution < 1.29 is 9.84 Å². The number of hydrogen-bond acceptors (Lipinski definition) is 2. The molecule has 0 atom stereocenters. The molecule has 0 aromatic heterocycles. The monoisotopic (exact) mass is 220 g/mol. The van der Waals surface area contributed by atoms with Gasteiger partial charge in [0.25, 0.3) is 0 Å². The summed E-state index contributed by atoms with van der Waals surface area (Å²) in [6.45, 7) is 0. The molecule has 0 spiro atoms. The molecule has 2 rings (SSSR count). The molecule has 0 saturated heterocycles. The number of ether oxygens (including phenoxy) is 1. The minimum Gasteiger partial charge on any atom is -0.497 e. The summed E-state index contributed by atoms with van der Waals surface area (Å²) < 4.78 is 5.13. The lowest BCUT2D eigenvalue weighted by molar-refractivity contribution is 0.0207. The van der Waals surface area contributed by atoms with E-state index < -0.39 is 5.60 Å². The van der Waals surface area contributed by atoms with E-state index in [-0.39, 0.29) is 0 Å². The summed E-state index contributed by atoms with van der Waals surface area (Å²) in [5.41, 5.74) is 0.429. The van der Waals surface area contributed by atoms with E-state index in [0.717, 1.165) is 37.0 Å². The highest BCUT2D eigenvalue weighted by Gasteiger charge is 2.29. The van der Waals surface area contributed by atoms with Crippen LogP contribution in [0.5, 0.6) is 5.75 Å². The zero-order valence-electron chi connectivity index (χ0n) is 9.91. The predicted molar refractivity (Wildman–Crippen MR) is 64.6 cm³/mol. The zero-order valence-corrected chi connectivity index (χ0v) is 9.91. The Morgan fingerprint density at radius 3 is 2.06 bits per heavy atom. The Morgan fingerprint density at radius 2 is 1.56 bits per heavy atom. The molecule has 0 aliphatic heterocycles. The average molecular weight is 220 g/mol. The van der Waals surface area contributed by atoms with E-state index in [1.165, 1.54) is 12.8 Å². The van der Waals surface area contributed by atoms with Crippen molar-refractivity contribution in [2.24, 2.45) is 0 Å². The van der Waals surface area contributed by atoms with Gasteiger partial charge in [-0.3, -0.25) is 0 Å². The van der Waals surface area contributed by atoms with Gasteiger partial charge in [0, 0.05) is 0 Å². The van der Waals surface area contributed by atoms with Crippen molar-refractivity contribution in [1.82, 2.24) is 0 Å². The molecule has 0 amide bonds. The average Bonchev–Trinajstić information content (AvgIpc) is 2.55. The second kappa shape index (κ2) is 4.88. The number of hydrogen-bond donors (Lipinski definition) is 1. The van der Waals surface area contributed by atoms with E-state index in [2.05, 4.69) is 0 Å². The lowest BCUT2D eigenvalue weighted by atomic mass is 9.86. The maximum atomic E-state index is 10.6. The van der Waals surface area contributed by atoms with Crippen LogP contribution in [0.25, 0.3) is 0 Å². The van der Waals surface area contributed by atoms with Crippen molar-refractivity contribution in [2.75, 3.05) is 7.11 Å². The van der Waals surface area contributed by atoms with Crippen LogP contribution >= 0.6 is 0 Å². The fraction of sp³-hybridized carbons (Fsp3) is 0.571. The van der Waals surface area contributed by atoms with Crippen molar-refractivity contribution in [1.29, 1.82) is 0 Å². The Labute approximate surface area is 97.3 Å². The zero-order chi connectivity index (χ0) is 11.4. The maximum absolute atomic E-state index is 10.6. The van der Waals surface area contributed by atoms with Gasteiger partial charge in [-0.05, 0) is 30.5 Å². The molecule has 0 bridgehead atoms. The third-order valence-electron chi connectivity index (χ3n) is 3.56. The lowest BCUT2D eigenvalue weighted by Crippen LogP contribution is -2.24. The van der Waals surface area contributed by atoms with E-state index in [4.69, 9.17) is 4.74 Å². The van der Waals surface area contributed by atoms with Crippen LogP contribution in [0.3, 0.4) is 0 Å². The Balaban J connectivity index is 2.19. The third-order valence-corrected chi connectivity index (χ3v) is 3.56. The van der Waals surface area contributed by atoms with Gasteiger partial charge in [0.05, 0.1) is 12.7 Å². The highest BCUT2D eigenvalue weighted by atomic mass is 16.5. The van der Waals surface area contributed by atoms with Crippen molar-refractivity contribution in [3.05, 3.63) is 29.8 Å². The molecule has 1 saturated carbocycles. The van der Waals surface area contributed by atoms with E-state index in [0.29, 0.717) is 0 Å². The second-order valence-corrected chi connectivity index (χ2v) is 4.67. The molecule has 1 N–H and O–H groups in total. The Bertz CT molecular complexity index is 321. The minimum atomic E-state index is -0.608. The standard InChI is InChI=1S/C14H20O2/c1-16-13-8-6-12(7-9-13)14(15)10-4-2-3-5-11-14/h6-9,15H,2-5,10-11H2,1H3. The first-order valence-electron chi connectivity index (χ1n) is 6.11. The molecule has 2 nitrogen and oxygen atoms in total. The minimum absolute atomic E-state index is 0.608. The highest BCUT2D eigenvalue weighted by molar-refractivity contribution is 5.30. The van der Waals surface area contributed by atoms with Gasteiger partial charge in [0.2, 0.25) is 0 Å². The Hall–Kier alpha value is -1.02. The number of aliphatic hydroxyl groups is 1. The molecular weight excluding hydrogens is 200 g/mol. The molecule has 16 heavy (non-hydrogen) atoms. The molecular formula is C14H20O2. The molecule has 1 fully saturated rings. The number of rotatable bonds is 2. The predicted octanol–water partition coefficient (Wildman–Crippen LogP) is 3.24. The van der Waals surface area contributed by atoms with Crippen LogP contribution in [-0.4, -0.2) is 12.2 Å². The van der Waals surface area contributed by atoms with Gasteiger partial charge >= 0.3 is 0 Å². The largest absolute Gasteiger partial charge is 0.497 e. The van der Waals surface area contributed by atoms with Crippen LogP contribution in [0.2, 0.25) is 0 Å². The molecule has 0 heterocycles. The Morgan fingerprint density at radius 1 is 1.00 bits per heavy atom. The fourth-order valence-electron chi connectivity index (χ4n) is 2.50. The van der Waals surface area contributed by atoms with Crippen LogP contribution in [-0.2, 0) is 5.60 Å². The van der Waals surface area contributed by atoms with E-state index in [9.17, 15) is 5.11 Å². The van der Waals surface area contributed by atoms with Crippen LogP contribution in [0.4, 0.5) is 0 Å². The van der Waals surface area contributed by atoms with Gasteiger partial charge in [-0.2, -0.15) is 0 Å². The van der Waals surface area contributed by atoms with Crippen LogP contribution < -0.4 is 4.74 Å². The molecule has 0 radical (unpaired) electrons. The summed E-state index contributed by atoms with van der Waals surface area (Å²) in [5.74, 6) is 0.848. The van der Waals surface area contributed by atoms with E-state index >= 15 is 0 Å². The quantitative estimate of drug-likeness (QED) is 0.775. The summed E-state index contributed by atoms with van der Waals surface area (Å²) in [4.78, 5) is 0. The Kier molecular flexibility index (Phi) is 3.49. The molecule has 1 aromatic rings. The normalized spacial score (nSPS) is 20.1. The van der Waals surface area contributed by atoms with Crippen LogP contribution in [0, 0.1) is 0 Å². The summed E-state index contributed by atoms with van der Waals surface area (Å²) >= 11 is 0. The van der Waals surface area contributed by atoms with Gasteiger partial charge < -0.3 is 9.84 Å². The summed E-state index contributed by atoms with van der Waals surface area (Å²) in [5, 5.41) is 10.6. The maximum Gasteiger partial charge on any atom is 0.118 e. The van der Waals surface area contributed by atoms with Gasteiger partial charge in [-0.1, -0.05) is 37.8 Å². The van der Waals surface area contributed by atoms with Crippen molar-refractivity contribution in [2.45, 2.75) is 44.1 Å². The number of methoxy groups -OCH3 is 1. The molecule has 0 unspecified atom stereocenters. The topological polar surface area (TPSA) is 29.5 Å². The first-order chi connectivity index (χ1) is 7.74. The molecule has 1 aliphatic rings. The molecule has 88 valence electrons. The van der Waals surface area contributed by atoms with Crippen LogP contribution in [0.15, 0.2) is 24.3 Å². The van der Waals surface area contributed by atoms with Crippen molar-refractivity contribution >= 4 is 0 Å². The molecule has 1 aromatic carbocycles. The summed E-state index contributed by atoms with van der Waals surface area (Å²) in [6, 6.07) is 7.84. The number of benzene rings is 1. The SMILES string of the molecule is COc1ccc(C2(O)CCCCCC2)cc1. The summed E-state index contributed by atoms with van der Waals surface area (Å²) in [7, 11) is 1.66. The first-order valence-corrected chi connectivity index (χ1v) is 6.11. The highest BCUT2D eigenvalue weighted by Crippen LogP contribution is 2.36. The first kappa shape index (κ1) is 11.5. The van der Waals surface area contributed by atoms with Gasteiger partial charge in [0.1, 0.15) is 5.75 Å². The van der Waals surface area contributed by atoms with E-state index in [1.54, 1.807) is 7.11 Å². The molecule has 2 heteroatoms. The van der Waals surface area contributed by atoms with Gasteiger partial charge in [0.15, 0.2) is 0 Å². The third kappa shape index (κ3) is 2.38. The smallest absolute Gasteiger partial charge is 0.118 e. The lowest BCUT2D eigenvalue weighted by Gasteiger charge is -2.27. The molecule has 1 aliphatic carbocycles. The second-order valence-electron chi connectivity index (χ2n) is 4.67. The van der Waals surface area contributed by atoms with Gasteiger partial charge in [-0.25, -0.2) is 0 Å². The van der Waals surface area contributed by atoms with Crippen molar-refractivity contribution in [3.8, 4) is 5.75 Å².